The van der Waals surface area contributed by atoms with Gasteiger partial charge in [0.05, 0.1) is 11.9 Å². The van der Waals surface area contributed by atoms with Crippen molar-refractivity contribution in [1.82, 2.24) is 14.9 Å². The number of benzene rings is 2. The van der Waals surface area contributed by atoms with Crippen LogP contribution in [0, 0.1) is 13.8 Å². The molecule has 0 saturated heterocycles. The number of nitrogens with one attached hydrogen (secondary N) is 1. The van der Waals surface area contributed by atoms with Crippen molar-refractivity contribution in [2.24, 2.45) is 0 Å². The molecule has 7 nitrogen and oxygen atoms in total. The maximum Gasteiger partial charge on any atom is 0.234 e. The maximum atomic E-state index is 12.3. The van der Waals surface area contributed by atoms with Crippen molar-refractivity contribution in [1.29, 1.82) is 0 Å². The minimum Gasteiger partial charge on any atom is -0.491 e. The van der Waals surface area contributed by atoms with E-state index < -0.39 is 0 Å². The van der Waals surface area contributed by atoms with Crippen LogP contribution < -0.4 is 15.9 Å². The molecule has 8 heteroatoms. The highest BCUT2D eigenvalue weighted by Gasteiger charge is 2.15. The SMILES string of the molecule is Cc1ccc(NC(=O)CSc2nnc(-c3cccc(OC(C)C)c3)n2N)cc1C. The molecule has 3 N–H and O–H groups in total. The van der Waals surface area contributed by atoms with Crippen LogP contribution in [0.5, 0.6) is 5.75 Å². The third-order valence-corrected chi connectivity index (χ3v) is 5.19. The molecule has 0 saturated carbocycles. The normalized spacial score (nSPS) is 10.9. The van der Waals surface area contributed by atoms with Crippen LogP contribution in [0.15, 0.2) is 47.6 Å². The Morgan fingerprint density at radius 2 is 1.97 bits per heavy atom. The third kappa shape index (κ3) is 5.29. The van der Waals surface area contributed by atoms with Crippen molar-refractivity contribution in [2.45, 2.75) is 39.0 Å². The predicted molar refractivity (Wildman–Crippen MR) is 117 cm³/mol. The maximum absolute atomic E-state index is 12.3. The van der Waals surface area contributed by atoms with E-state index in [4.69, 9.17) is 10.6 Å². The lowest BCUT2D eigenvalue weighted by atomic mass is 10.1. The first-order chi connectivity index (χ1) is 13.8. The van der Waals surface area contributed by atoms with Gasteiger partial charge in [-0.05, 0) is 63.1 Å². The summed E-state index contributed by atoms with van der Waals surface area (Å²) < 4.78 is 7.11. The molecule has 0 aliphatic rings. The van der Waals surface area contributed by atoms with Crippen molar-refractivity contribution in [3.8, 4) is 17.1 Å². The van der Waals surface area contributed by atoms with Crippen molar-refractivity contribution in [3.63, 3.8) is 0 Å². The summed E-state index contributed by atoms with van der Waals surface area (Å²) >= 11 is 1.23. The summed E-state index contributed by atoms with van der Waals surface area (Å²) in [7, 11) is 0. The number of nitrogens with zero attached hydrogens (tertiary/aromatic N) is 3. The highest BCUT2D eigenvalue weighted by Crippen LogP contribution is 2.25. The Labute approximate surface area is 174 Å². The Balaban J connectivity index is 1.65. The van der Waals surface area contributed by atoms with Crippen LogP contribution in [0.3, 0.4) is 0 Å². The summed E-state index contributed by atoms with van der Waals surface area (Å²) in [5.41, 5.74) is 3.88. The molecule has 0 spiro atoms. The van der Waals surface area contributed by atoms with Crippen molar-refractivity contribution in [2.75, 3.05) is 16.9 Å². The van der Waals surface area contributed by atoms with Crippen LogP contribution in [-0.2, 0) is 4.79 Å². The smallest absolute Gasteiger partial charge is 0.234 e. The number of carbonyl (C=O) groups is 1. The average Bonchev–Trinajstić information content (AvgIpc) is 3.03. The second kappa shape index (κ2) is 9.00. The van der Waals surface area contributed by atoms with E-state index in [2.05, 4.69) is 15.5 Å². The molecule has 0 bridgehead atoms. The minimum atomic E-state index is -0.130. The molecule has 0 radical (unpaired) electrons. The van der Waals surface area contributed by atoms with Crippen LogP contribution in [0.2, 0.25) is 0 Å². The lowest BCUT2D eigenvalue weighted by molar-refractivity contribution is -0.113. The zero-order chi connectivity index (χ0) is 21.0. The predicted octanol–water partition coefficient (Wildman–Crippen LogP) is 3.79. The van der Waals surface area contributed by atoms with Gasteiger partial charge in [-0.15, -0.1) is 10.2 Å². The molecule has 1 heterocycles. The first kappa shape index (κ1) is 20.7. The molecular formula is C21H25N5O2S. The van der Waals surface area contributed by atoms with Crippen molar-refractivity contribution >= 4 is 23.4 Å². The summed E-state index contributed by atoms with van der Waals surface area (Å²) in [6.45, 7) is 7.98. The highest BCUT2D eigenvalue weighted by molar-refractivity contribution is 7.99. The van der Waals surface area contributed by atoms with Gasteiger partial charge in [0, 0.05) is 11.3 Å². The number of nitrogens with two attached hydrogens (primary N) is 1. The Bertz CT molecular complexity index is 1020. The highest BCUT2D eigenvalue weighted by atomic mass is 32.2. The van der Waals surface area contributed by atoms with Gasteiger partial charge in [-0.3, -0.25) is 4.79 Å². The van der Waals surface area contributed by atoms with E-state index in [0.717, 1.165) is 22.6 Å². The Kier molecular flexibility index (Phi) is 6.43. The molecule has 2 aromatic carbocycles. The number of ether oxygens (including phenoxy) is 1. The van der Waals surface area contributed by atoms with Gasteiger partial charge in [-0.25, -0.2) is 4.68 Å². The van der Waals surface area contributed by atoms with Crippen LogP contribution in [0.4, 0.5) is 5.69 Å². The van der Waals surface area contributed by atoms with Gasteiger partial charge in [0.15, 0.2) is 5.82 Å². The fraction of sp³-hybridized carbons (Fsp3) is 0.286. The summed E-state index contributed by atoms with van der Waals surface area (Å²) in [6.07, 6.45) is 0.0722. The average molecular weight is 412 g/mol. The summed E-state index contributed by atoms with van der Waals surface area (Å²) in [5, 5.41) is 11.6. The molecule has 1 amide bonds. The van der Waals surface area contributed by atoms with Gasteiger partial charge in [0.2, 0.25) is 11.1 Å². The number of hydrogen-bond acceptors (Lipinski definition) is 6. The third-order valence-electron chi connectivity index (χ3n) is 4.25. The Morgan fingerprint density at radius 1 is 1.17 bits per heavy atom. The molecule has 0 aliphatic carbocycles. The topological polar surface area (TPSA) is 95.1 Å². The molecule has 152 valence electrons. The van der Waals surface area contributed by atoms with E-state index in [9.17, 15) is 4.79 Å². The number of amides is 1. The van der Waals surface area contributed by atoms with Crippen molar-refractivity contribution < 1.29 is 9.53 Å². The number of aryl methyl sites for hydroxylation is 2. The number of nitrogen functional groups attached to an aromatic ring is 1. The van der Waals surface area contributed by atoms with Crippen LogP contribution in [-0.4, -0.2) is 32.6 Å². The van der Waals surface area contributed by atoms with E-state index >= 15 is 0 Å². The second-order valence-corrected chi connectivity index (χ2v) is 7.95. The molecule has 0 atom stereocenters. The van der Waals surface area contributed by atoms with Crippen LogP contribution in [0.1, 0.15) is 25.0 Å². The number of carbonyl (C=O) groups excluding carboxylic acids is 1. The lowest BCUT2D eigenvalue weighted by Crippen LogP contribution is -2.16. The van der Waals surface area contributed by atoms with E-state index in [1.54, 1.807) is 0 Å². The largest absolute Gasteiger partial charge is 0.491 e. The Morgan fingerprint density at radius 3 is 2.69 bits per heavy atom. The van der Waals surface area contributed by atoms with E-state index in [1.807, 2.05) is 70.2 Å². The van der Waals surface area contributed by atoms with E-state index in [0.29, 0.717) is 11.0 Å². The molecule has 3 aromatic rings. The summed E-state index contributed by atoms with van der Waals surface area (Å²) in [5.74, 6) is 7.46. The standard InChI is InChI=1S/C21H25N5O2S/c1-13(2)28-18-7-5-6-16(11-18)20-24-25-21(26(20)22)29-12-19(27)23-17-9-8-14(3)15(4)10-17/h5-11,13H,12,22H2,1-4H3,(H,23,27). The zero-order valence-corrected chi connectivity index (χ0v) is 17.8. The van der Waals surface area contributed by atoms with Gasteiger partial charge in [0.1, 0.15) is 5.75 Å². The summed E-state index contributed by atoms with van der Waals surface area (Å²) in [6, 6.07) is 13.3. The zero-order valence-electron chi connectivity index (χ0n) is 17.0. The molecule has 29 heavy (non-hydrogen) atoms. The number of thioether (sulfide) groups is 1. The van der Waals surface area contributed by atoms with Gasteiger partial charge in [0.25, 0.3) is 0 Å². The number of hydrogen-bond donors (Lipinski definition) is 2. The van der Waals surface area contributed by atoms with Crippen LogP contribution >= 0.6 is 11.8 Å². The van der Waals surface area contributed by atoms with Gasteiger partial charge < -0.3 is 15.9 Å². The quantitative estimate of drug-likeness (QED) is 0.454. The second-order valence-electron chi connectivity index (χ2n) is 7.01. The minimum absolute atomic E-state index is 0.0722. The monoisotopic (exact) mass is 411 g/mol. The number of rotatable bonds is 7. The van der Waals surface area contributed by atoms with E-state index in [1.165, 1.54) is 22.0 Å². The summed E-state index contributed by atoms with van der Waals surface area (Å²) in [4.78, 5) is 12.3. The van der Waals surface area contributed by atoms with Crippen LogP contribution in [0.25, 0.3) is 11.4 Å². The molecule has 0 unspecified atom stereocenters. The lowest BCUT2D eigenvalue weighted by Gasteiger charge is -2.10. The van der Waals surface area contributed by atoms with Crippen molar-refractivity contribution in [3.05, 3.63) is 53.6 Å². The Hall–Kier alpha value is -3.00. The molecule has 0 fully saturated rings. The van der Waals surface area contributed by atoms with Gasteiger partial charge in [-0.2, -0.15) is 0 Å². The van der Waals surface area contributed by atoms with E-state index in [-0.39, 0.29) is 17.8 Å². The first-order valence-electron chi connectivity index (χ1n) is 9.31. The molecular weight excluding hydrogens is 386 g/mol. The molecule has 3 rings (SSSR count). The number of aromatic nitrogens is 3. The van der Waals surface area contributed by atoms with Gasteiger partial charge in [-0.1, -0.05) is 30.0 Å². The first-order valence-corrected chi connectivity index (χ1v) is 10.3. The fourth-order valence-electron chi connectivity index (χ4n) is 2.70. The molecule has 0 aliphatic heterocycles. The number of anilines is 1. The van der Waals surface area contributed by atoms with Gasteiger partial charge >= 0.3 is 0 Å². The molecule has 1 aromatic heterocycles. The fourth-order valence-corrected chi connectivity index (χ4v) is 3.36.